The summed E-state index contributed by atoms with van der Waals surface area (Å²) in [6, 6.07) is 1.84. The summed E-state index contributed by atoms with van der Waals surface area (Å²) in [5.41, 5.74) is -0.177. The molecule has 1 atom stereocenters. The normalized spacial score (nSPS) is 22.0. The third-order valence-corrected chi connectivity index (χ3v) is 4.39. The van der Waals surface area contributed by atoms with Crippen molar-refractivity contribution < 1.29 is 14.2 Å². The van der Waals surface area contributed by atoms with Crippen LogP contribution in [0.25, 0.3) is 0 Å². The monoisotopic (exact) mass is 329 g/mol. The van der Waals surface area contributed by atoms with Gasteiger partial charge in [-0.3, -0.25) is 4.98 Å². The molecule has 8 heteroatoms. The molecule has 0 saturated carbocycles. The van der Waals surface area contributed by atoms with Gasteiger partial charge in [0.25, 0.3) is 0 Å². The average molecular weight is 329 g/mol. The van der Waals surface area contributed by atoms with Crippen molar-refractivity contribution >= 4 is 5.82 Å². The maximum Gasteiger partial charge on any atom is 0.232 e. The molecule has 0 bridgehead atoms. The molecular weight excluding hydrogens is 310 g/mol. The Labute approximate surface area is 139 Å². The molecule has 2 aliphatic rings. The van der Waals surface area contributed by atoms with Crippen molar-refractivity contribution in [2.75, 3.05) is 31.7 Å². The van der Waals surface area contributed by atoms with Crippen LogP contribution in [-0.4, -0.2) is 58.4 Å². The van der Waals surface area contributed by atoms with Gasteiger partial charge in [-0.2, -0.15) is 0 Å². The van der Waals surface area contributed by atoms with Gasteiger partial charge in [0.2, 0.25) is 11.8 Å². The number of hydrogen-bond acceptors (Lipinski definition) is 8. The van der Waals surface area contributed by atoms with Crippen LogP contribution in [0.3, 0.4) is 0 Å². The lowest BCUT2D eigenvalue weighted by Crippen LogP contribution is -2.66. The van der Waals surface area contributed by atoms with Gasteiger partial charge in [-0.05, 0) is 0 Å². The van der Waals surface area contributed by atoms with Gasteiger partial charge >= 0.3 is 0 Å². The van der Waals surface area contributed by atoms with E-state index < -0.39 is 0 Å². The number of ether oxygens (including phenoxy) is 3. The van der Waals surface area contributed by atoms with E-state index >= 15 is 0 Å². The molecule has 2 aliphatic heterocycles. The summed E-state index contributed by atoms with van der Waals surface area (Å²) in [5, 5.41) is 0. The van der Waals surface area contributed by atoms with E-state index in [0.29, 0.717) is 18.4 Å². The summed E-state index contributed by atoms with van der Waals surface area (Å²) >= 11 is 0. The van der Waals surface area contributed by atoms with E-state index in [9.17, 15) is 0 Å². The number of methoxy groups -OCH3 is 1. The Morgan fingerprint density at radius 3 is 2.92 bits per heavy atom. The van der Waals surface area contributed by atoms with E-state index in [2.05, 4.69) is 24.8 Å². The first-order chi connectivity index (χ1) is 11.8. The van der Waals surface area contributed by atoms with E-state index in [-0.39, 0.29) is 11.7 Å². The van der Waals surface area contributed by atoms with E-state index in [4.69, 9.17) is 14.2 Å². The molecular formula is C16H19N5O3. The molecule has 2 saturated heterocycles. The van der Waals surface area contributed by atoms with E-state index in [1.54, 1.807) is 25.7 Å². The highest BCUT2D eigenvalue weighted by Gasteiger charge is 2.48. The molecule has 24 heavy (non-hydrogen) atoms. The van der Waals surface area contributed by atoms with Crippen LogP contribution in [0.5, 0.6) is 11.8 Å². The van der Waals surface area contributed by atoms with Crippen molar-refractivity contribution in [1.29, 1.82) is 0 Å². The minimum absolute atomic E-state index is 0.0949. The molecule has 0 radical (unpaired) electrons. The van der Waals surface area contributed by atoms with Gasteiger partial charge in [-0.25, -0.2) is 15.0 Å². The van der Waals surface area contributed by atoms with Crippen LogP contribution in [0.4, 0.5) is 5.82 Å². The van der Waals surface area contributed by atoms with Gasteiger partial charge in [-0.15, -0.1) is 0 Å². The van der Waals surface area contributed by atoms with Crippen LogP contribution < -0.4 is 14.4 Å². The first kappa shape index (κ1) is 15.1. The van der Waals surface area contributed by atoms with Crippen molar-refractivity contribution in [3.05, 3.63) is 31.0 Å². The topological polar surface area (TPSA) is 82.5 Å². The lowest BCUT2D eigenvalue weighted by atomic mass is 9.84. The van der Waals surface area contributed by atoms with Crippen molar-refractivity contribution in [3.63, 3.8) is 0 Å². The summed E-state index contributed by atoms with van der Waals surface area (Å²) in [6.45, 7) is 2.26. The van der Waals surface area contributed by atoms with Gasteiger partial charge < -0.3 is 19.1 Å². The van der Waals surface area contributed by atoms with Crippen LogP contribution in [-0.2, 0) is 4.74 Å². The van der Waals surface area contributed by atoms with Gasteiger partial charge in [-0.1, -0.05) is 0 Å². The van der Waals surface area contributed by atoms with Crippen LogP contribution in [0.2, 0.25) is 0 Å². The number of rotatable bonds is 4. The van der Waals surface area contributed by atoms with Crippen molar-refractivity contribution in [2.24, 2.45) is 0 Å². The Morgan fingerprint density at radius 1 is 1.21 bits per heavy atom. The fourth-order valence-corrected chi connectivity index (χ4v) is 3.25. The van der Waals surface area contributed by atoms with E-state index in [0.717, 1.165) is 31.7 Å². The molecule has 2 aromatic rings. The van der Waals surface area contributed by atoms with Gasteiger partial charge in [0.1, 0.15) is 23.9 Å². The highest BCUT2D eigenvalue weighted by molar-refractivity contribution is 5.46. The first-order valence-corrected chi connectivity index (χ1v) is 7.94. The second-order valence-electron chi connectivity index (χ2n) is 6.08. The molecule has 8 nitrogen and oxygen atoms in total. The Morgan fingerprint density at radius 2 is 2.12 bits per heavy atom. The Hall–Kier alpha value is -2.48. The number of hydrogen-bond donors (Lipinski definition) is 0. The summed E-state index contributed by atoms with van der Waals surface area (Å²) in [4.78, 5) is 18.7. The zero-order valence-electron chi connectivity index (χ0n) is 13.5. The number of anilines is 1. The standard InChI is InChI=1S/C16H19N5O3/c1-22-14-6-13(19-11-20-14)21-9-16(10-21)7-12(2-5-23-16)24-15-8-17-3-4-18-15/h3-4,6,8,11-12H,2,5,7,9-10H2,1H3/t12-/m0/s1. The number of aromatic nitrogens is 4. The van der Waals surface area contributed by atoms with Crippen molar-refractivity contribution in [3.8, 4) is 11.8 Å². The summed E-state index contributed by atoms with van der Waals surface area (Å²) in [6.07, 6.45) is 8.22. The zero-order chi connectivity index (χ0) is 16.4. The summed E-state index contributed by atoms with van der Waals surface area (Å²) in [7, 11) is 1.60. The minimum Gasteiger partial charge on any atom is -0.481 e. The first-order valence-electron chi connectivity index (χ1n) is 7.94. The molecule has 2 aromatic heterocycles. The maximum atomic E-state index is 6.05. The molecule has 4 rings (SSSR count). The molecule has 0 aromatic carbocycles. The Kier molecular flexibility index (Phi) is 3.89. The van der Waals surface area contributed by atoms with Gasteiger partial charge in [0.05, 0.1) is 33.0 Å². The summed E-state index contributed by atoms with van der Waals surface area (Å²) in [5.74, 6) is 1.98. The van der Waals surface area contributed by atoms with Crippen LogP contribution >= 0.6 is 0 Å². The van der Waals surface area contributed by atoms with Crippen LogP contribution in [0.15, 0.2) is 31.0 Å². The second-order valence-corrected chi connectivity index (χ2v) is 6.08. The predicted molar refractivity (Wildman–Crippen MR) is 85.2 cm³/mol. The Balaban J connectivity index is 1.38. The largest absolute Gasteiger partial charge is 0.481 e. The van der Waals surface area contributed by atoms with E-state index in [1.165, 1.54) is 6.33 Å². The lowest BCUT2D eigenvalue weighted by molar-refractivity contribution is -0.126. The van der Waals surface area contributed by atoms with Crippen molar-refractivity contribution in [1.82, 2.24) is 19.9 Å². The number of nitrogens with zero attached hydrogens (tertiary/aromatic N) is 5. The van der Waals surface area contributed by atoms with Crippen LogP contribution in [0, 0.1) is 0 Å². The lowest BCUT2D eigenvalue weighted by Gasteiger charge is -2.53. The molecule has 2 fully saturated rings. The van der Waals surface area contributed by atoms with Gasteiger partial charge in [0, 0.05) is 31.3 Å². The fourth-order valence-electron chi connectivity index (χ4n) is 3.25. The van der Waals surface area contributed by atoms with Gasteiger partial charge in [0.15, 0.2) is 0 Å². The zero-order valence-corrected chi connectivity index (χ0v) is 13.5. The summed E-state index contributed by atoms with van der Waals surface area (Å²) < 4.78 is 17.1. The molecule has 1 spiro atoms. The predicted octanol–water partition coefficient (Wildman–Crippen LogP) is 1.09. The molecule has 0 amide bonds. The van der Waals surface area contributed by atoms with Crippen molar-refractivity contribution in [2.45, 2.75) is 24.5 Å². The second kappa shape index (κ2) is 6.20. The molecule has 0 unspecified atom stereocenters. The molecule has 0 aliphatic carbocycles. The average Bonchev–Trinajstić information content (AvgIpc) is 2.61. The maximum absolute atomic E-state index is 6.05. The third-order valence-electron chi connectivity index (χ3n) is 4.39. The molecule has 0 N–H and O–H groups in total. The molecule has 4 heterocycles. The highest BCUT2D eigenvalue weighted by Crippen LogP contribution is 2.37. The fraction of sp³-hybridized carbons (Fsp3) is 0.500. The smallest absolute Gasteiger partial charge is 0.232 e. The highest BCUT2D eigenvalue weighted by atomic mass is 16.5. The Bertz CT molecular complexity index is 693. The molecule has 126 valence electrons. The SMILES string of the molecule is COc1cc(N2CC3(C[C@@H](Oc4cnccn4)CCO3)C2)ncn1. The third kappa shape index (κ3) is 2.96. The van der Waals surface area contributed by atoms with Crippen LogP contribution in [0.1, 0.15) is 12.8 Å². The van der Waals surface area contributed by atoms with E-state index in [1.807, 2.05) is 6.07 Å². The quantitative estimate of drug-likeness (QED) is 0.824. The minimum atomic E-state index is -0.177.